The summed E-state index contributed by atoms with van der Waals surface area (Å²) in [5.74, 6) is 2.21. The predicted octanol–water partition coefficient (Wildman–Crippen LogP) is 2.90. The fourth-order valence-electron chi connectivity index (χ4n) is 4.55. The number of amides is 2. The lowest BCUT2D eigenvalue weighted by Crippen LogP contribution is -2.50. The summed E-state index contributed by atoms with van der Waals surface area (Å²) < 4.78 is 10.7. The topological polar surface area (TPSA) is 84.0 Å². The molecule has 2 aromatic rings. The Kier molecular flexibility index (Phi) is 5.36. The Morgan fingerprint density at radius 3 is 2.58 bits per heavy atom. The lowest BCUT2D eigenvalue weighted by atomic mass is 10.1. The van der Waals surface area contributed by atoms with Crippen molar-refractivity contribution in [3.8, 4) is 11.5 Å². The molecule has 162 valence electrons. The lowest BCUT2D eigenvalue weighted by molar-refractivity contribution is -0.135. The summed E-state index contributed by atoms with van der Waals surface area (Å²) in [6.07, 6.45) is 6.10. The van der Waals surface area contributed by atoms with E-state index in [0.29, 0.717) is 54.8 Å². The van der Waals surface area contributed by atoms with E-state index in [4.69, 9.17) is 9.47 Å². The van der Waals surface area contributed by atoms with Gasteiger partial charge in [0.05, 0.1) is 5.69 Å². The number of piperazine rings is 1. The number of carbonyl (C=O) groups is 2. The van der Waals surface area contributed by atoms with Crippen LogP contribution < -0.4 is 19.7 Å². The van der Waals surface area contributed by atoms with Crippen molar-refractivity contribution in [2.24, 2.45) is 5.92 Å². The molecular formula is C23H26N4O4. The van der Waals surface area contributed by atoms with Crippen LogP contribution in [0.4, 0.5) is 11.5 Å². The van der Waals surface area contributed by atoms with Gasteiger partial charge < -0.3 is 24.6 Å². The molecule has 0 radical (unpaired) electrons. The van der Waals surface area contributed by atoms with Gasteiger partial charge in [-0.15, -0.1) is 0 Å². The number of nitrogens with one attached hydrogen (secondary N) is 1. The normalized spacial score (nSPS) is 18.3. The second-order valence-electron chi connectivity index (χ2n) is 8.19. The molecule has 1 saturated heterocycles. The van der Waals surface area contributed by atoms with Crippen LogP contribution in [0.2, 0.25) is 0 Å². The molecular weight excluding hydrogens is 396 g/mol. The molecule has 1 aliphatic carbocycles. The maximum absolute atomic E-state index is 12.8. The van der Waals surface area contributed by atoms with E-state index in [-0.39, 0.29) is 18.6 Å². The third-order valence-electron chi connectivity index (χ3n) is 6.26. The fourth-order valence-corrected chi connectivity index (χ4v) is 4.55. The van der Waals surface area contributed by atoms with Crippen LogP contribution in [0.1, 0.15) is 36.0 Å². The van der Waals surface area contributed by atoms with Crippen molar-refractivity contribution in [2.75, 3.05) is 43.2 Å². The average Bonchev–Trinajstić information content (AvgIpc) is 3.51. The van der Waals surface area contributed by atoms with E-state index in [2.05, 4.69) is 15.2 Å². The number of hydrogen-bond donors (Lipinski definition) is 1. The van der Waals surface area contributed by atoms with Gasteiger partial charge in [0.2, 0.25) is 12.7 Å². The number of carbonyl (C=O) groups excluding carboxylic acids is 2. The Balaban J connectivity index is 1.25. The van der Waals surface area contributed by atoms with Gasteiger partial charge in [-0.3, -0.25) is 9.59 Å². The maximum atomic E-state index is 12.8. The molecule has 3 aliphatic rings. The van der Waals surface area contributed by atoms with Crippen LogP contribution in [0.5, 0.6) is 11.5 Å². The Labute approximate surface area is 181 Å². The Morgan fingerprint density at radius 2 is 1.77 bits per heavy atom. The molecule has 0 bridgehead atoms. The van der Waals surface area contributed by atoms with Crippen molar-refractivity contribution >= 4 is 23.3 Å². The van der Waals surface area contributed by atoms with E-state index in [1.807, 2.05) is 11.0 Å². The summed E-state index contributed by atoms with van der Waals surface area (Å²) in [5.41, 5.74) is 1.15. The summed E-state index contributed by atoms with van der Waals surface area (Å²) in [7, 11) is 0. The van der Waals surface area contributed by atoms with Crippen LogP contribution in [0.25, 0.3) is 0 Å². The third kappa shape index (κ3) is 4.02. The molecule has 2 fully saturated rings. The smallest absolute Gasteiger partial charge is 0.255 e. The van der Waals surface area contributed by atoms with Crippen LogP contribution in [-0.4, -0.2) is 54.7 Å². The van der Waals surface area contributed by atoms with Gasteiger partial charge in [0.1, 0.15) is 0 Å². The molecule has 1 saturated carbocycles. The van der Waals surface area contributed by atoms with Gasteiger partial charge in [0.15, 0.2) is 17.3 Å². The minimum atomic E-state index is -0.234. The minimum absolute atomic E-state index is 0.169. The second kappa shape index (κ2) is 8.45. The quantitative estimate of drug-likeness (QED) is 0.816. The van der Waals surface area contributed by atoms with Gasteiger partial charge in [-0.1, -0.05) is 12.8 Å². The van der Waals surface area contributed by atoms with Gasteiger partial charge in [-0.2, -0.15) is 0 Å². The molecule has 2 aliphatic heterocycles. The summed E-state index contributed by atoms with van der Waals surface area (Å²) in [6, 6.07) is 8.79. The SMILES string of the molecule is O=C(Nc1cccnc1N1CCN(C(=O)C2CCCC2)CC1)c1ccc2c(c1)OCO2. The van der Waals surface area contributed by atoms with Crippen LogP contribution in [0.3, 0.4) is 0 Å². The number of anilines is 2. The number of fused-ring (bicyclic) bond motifs is 1. The number of aromatic nitrogens is 1. The molecule has 8 nitrogen and oxygen atoms in total. The van der Waals surface area contributed by atoms with Crippen molar-refractivity contribution in [1.82, 2.24) is 9.88 Å². The number of ether oxygens (including phenoxy) is 2. The summed E-state index contributed by atoms with van der Waals surface area (Å²) in [5, 5.41) is 2.97. The predicted molar refractivity (Wildman–Crippen MR) is 116 cm³/mol. The highest BCUT2D eigenvalue weighted by atomic mass is 16.7. The maximum Gasteiger partial charge on any atom is 0.255 e. The molecule has 5 rings (SSSR count). The van der Waals surface area contributed by atoms with E-state index in [9.17, 15) is 9.59 Å². The van der Waals surface area contributed by atoms with Crippen LogP contribution in [0, 0.1) is 5.92 Å². The standard InChI is InChI=1S/C23H26N4O4/c28-22(17-7-8-19-20(14-17)31-15-30-19)25-18-6-3-9-24-21(18)26-10-12-27(13-11-26)23(29)16-4-1-2-5-16/h3,6-9,14,16H,1-2,4-5,10-13,15H2,(H,25,28). The Hall–Kier alpha value is -3.29. The number of rotatable bonds is 4. The number of hydrogen-bond acceptors (Lipinski definition) is 6. The van der Waals surface area contributed by atoms with E-state index >= 15 is 0 Å². The van der Waals surface area contributed by atoms with Gasteiger partial charge in [-0.25, -0.2) is 4.98 Å². The highest BCUT2D eigenvalue weighted by Crippen LogP contribution is 2.33. The number of pyridine rings is 1. The molecule has 3 heterocycles. The zero-order chi connectivity index (χ0) is 21.2. The first-order valence-corrected chi connectivity index (χ1v) is 10.9. The first-order valence-electron chi connectivity index (χ1n) is 10.9. The van der Waals surface area contributed by atoms with E-state index in [1.54, 1.807) is 30.5 Å². The highest BCUT2D eigenvalue weighted by Gasteiger charge is 2.30. The molecule has 0 unspecified atom stereocenters. The fraction of sp³-hybridized carbons (Fsp3) is 0.435. The largest absolute Gasteiger partial charge is 0.454 e. The third-order valence-corrected chi connectivity index (χ3v) is 6.26. The van der Waals surface area contributed by atoms with Crippen LogP contribution in [-0.2, 0) is 4.79 Å². The van der Waals surface area contributed by atoms with Crippen molar-refractivity contribution < 1.29 is 19.1 Å². The molecule has 8 heteroatoms. The van der Waals surface area contributed by atoms with Gasteiger partial charge >= 0.3 is 0 Å². The summed E-state index contributed by atoms with van der Waals surface area (Å²) in [4.78, 5) is 34.2. The Bertz CT molecular complexity index is 981. The van der Waals surface area contributed by atoms with Crippen LogP contribution in [0.15, 0.2) is 36.5 Å². The van der Waals surface area contributed by atoms with Crippen molar-refractivity contribution in [1.29, 1.82) is 0 Å². The van der Waals surface area contributed by atoms with Gasteiger partial charge in [-0.05, 0) is 43.2 Å². The first kappa shape index (κ1) is 19.7. The molecule has 2 amide bonds. The lowest BCUT2D eigenvalue weighted by Gasteiger charge is -2.37. The van der Waals surface area contributed by atoms with Crippen molar-refractivity contribution in [3.63, 3.8) is 0 Å². The molecule has 0 atom stereocenters. The summed E-state index contributed by atoms with van der Waals surface area (Å²) >= 11 is 0. The van der Waals surface area contributed by atoms with E-state index < -0.39 is 0 Å². The van der Waals surface area contributed by atoms with Gasteiger partial charge in [0.25, 0.3) is 5.91 Å². The first-order chi connectivity index (χ1) is 15.2. The van der Waals surface area contributed by atoms with E-state index in [0.717, 1.165) is 31.5 Å². The molecule has 1 N–H and O–H groups in total. The van der Waals surface area contributed by atoms with Gasteiger partial charge in [0, 0.05) is 43.9 Å². The molecule has 31 heavy (non-hydrogen) atoms. The zero-order valence-electron chi connectivity index (χ0n) is 17.4. The van der Waals surface area contributed by atoms with Crippen molar-refractivity contribution in [3.05, 3.63) is 42.1 Å². The highest BCUT2D eigenvalue weighted by molar-refractivity contribution is 6.06. The molecule has 1 aromatic heterocycles. The molecule has 1 aromatic carbocycles. The van der Waals surface area contributed by atoms with E-state index in [1.165, 1.54) is 0 Å². The molecule has 0 spiro atoms. The Morgan fingerprint density at radius 1 is 1.00 bits per heavy atom. The van der Waals surface area contributed by atoms with Crippen LogP contribution >= 0.6 is 0 Å². The van der Waals surface area contributed by atoms with Crippen molar-refractivity contribution in [2.45, 2.75) is 25.7 Å². The second-order valence-corrected chi connectivity index (χ2v) is 8.19. The number of benzene rings is 1. The average molecular weight is 422 g/mol. The minimum Gasteiger partial charge on any atom is -0.454 e. The zero-order valence-corrected chi connectivity index (χ0v) is 17.4. The monoisotopic (exact) mass is 422 g/mol. The number of nitrogens with zero attached hydrogens (tertiary/aromatic N) is 3. The summed E-state index contributed by atoms with van der Waals surface area (Å²) in [6.45, 7) is 2.93.